The van der Waals surface area contributed by atoms with Gasteiger partial charge in [-0.2, -0.15) is 4.98 Å². The highest BCUT2D eigenvalue weighted by Gasteiger charge is 2.31. The van der Waals surface area contributed by atoms with Crippen LogP contribution < -0.4 is 5.32 Å². The minimum atomic E-state index is -0.941. The van der Waals surface area contributed by atoms with Crippen LogP contribution in [-0.4, -0.2) is 26.8 Å². The zero-order valence-electron chi connectivity index (χ0n) is 8.86. The molecule has 2 N–H and O–H groups in total. The molecule has 6 heteroatoms. The summed E-state index contributed by atoms with van der Waals surface area (Å²) in [5.74, 6) is -0.484. The van der Waals surface area contributed by atoms with Gasteiger partial charge in [-0.3, -0.25) is 10.1 Å². The molecule has 0 aliphatic carbocycles. The minimum Gasteiger partial charge on any atom is -0.480 e. The Morgan fingerprint density at radius 2 is 2.47 bits per heavy atom. The summed E-state index contributed by atoms with van der Waals surface area (Å²) < 4.78 is 4.77. The quantitative estimate of drug-likeness (QED) is 0.726. The Hall–Kier alpha value is -1.43. The predicted octanol–water partition coefficient (Wildman–Crippen LogP) is 0.803. The Morgan fingerprint density at radius 1 is 1.73 bits per heavy atom. The molecular weight excluding hydrogens is 198 g/mol. The zero-order valence-corrected chi connectivity index (χ0v) is 8.86. The van der Waals surface area contributed by atoms with Crippen LogP contribution in [0, 0.1) is 0 Å². The molecule has 84 valence electrons. The van der Waals surface area contributed by atoms with Crippen molar-refractivity contribution in [2.24, 2.45) is 0 Å². The summed E-state index contributed by atoms with van der Waals surface area (Å²) in [6, 6.07) is 0. The lowest BCUT2D eigenvalue weighted by molar-refractivity contribution is -0.144. The molecule has 1 unspecified atom stereocenters. The van der Waals surface area contributed by atoms with E-state index in [2.05, 4.69) is 15.5 Å². The van der Waals surface area contributed by atoms with Crippen molar-refractivity contribution in [3.8, 4) is 0 Å². The van der Waals surface area contributed by atoms with E-state index in [9.17, 15) is 4.79 Å². The maximum atomic E-state index is 11.0. The van der Waals surface area contributed by atoms with Crippen LogP contribution >= 0.6 is 0 Å². The normalized spacial score (nSPS) is 14.8. The monoisotopic (exact) mass is 213 g/mol. The Balaban J connectivity index is 2.56. The van der Waals surface area contributed by atoms with Crippen LogP contribution in [0.25, 0.3) is 0 Å². The van der Waals surface area contributed by atoms with Gasteiger partial charge < -0.3 is 9.63 Å². The van der Waals surface area contributed by atoms with Gasteiger partial charge in [-0.05, 0) is 13.3 Å². The van der Waals surface area contributed by atoms with E-state index in [1.54, 1.807) is 6.92 Å². The van der Waals surface area contributed by atoms with Crippen molar-refractivity contribution in [3.63, 3.8) is 0 Å². The number of carbonyl (C=O) groups is 1. The van der Waals surface area contributed by atoms with E-state index in [1.807, 2.05) is 6.92 Å². The van der Waals surface area contributed by atoms with E-state index in [4.69, 9.17) is 9.63 Å². The van der Waals surface area contributed by atoms with E-state index < -0.39 is 11.5 Å². The fourth-order valence-electron chi connectivity index (χ4n) is 1.32. The molecule has 0 fully saturated rings. The average molecular weight is 213 g/mol. The second-order valence-electron chi connectivity index (χ2n) is 3.58. The van der Waals surface area contributed by atoms with Gasteiger partial charge in [0.25, 0.3) is 0 Å². The first-order chi connectivity index (χ1) is 7.08. The van der Waals surface area contributed by atoms with Crippen LogP contribution in [0.5, 0.6) is 0 Å². The summed E-state index contributed by atoms with van der Waals surface area (Å²) in [4.78, 5) is 14.8. The molecule has 6 nitrogen and oxygen atoms in total. The van der Waals surface area contributed by atoms with Gasteiger partial charge in [0, 0.05) is 0 Å². The number of hydrogen-bond acceptors (Lipinski definition) is 5. The standard InChI is InChI=1S/C9H15N3O3/c1-3-4-9(2,8(13)14)11-5-7-10-6-12-15-7/h6,11H,3-5H2,1-2H3,(H,13,14). The van der Waals surface area contributed by atoms with Gasteiger partial charge in [0.2, 0.25) is 5.89 Å². The maximum Gasteiger partial charge on any atom is 0.323 e. The molecule has 0 spiro atoms. The molecule has 15 heavy (non-hydrogen) atoms. The highest BCUT2D eigenvalue weighted by molar-refractivity contribution is 5.78. The average Bonchev–Trinajstić information content (AvgIpc) is 2.67. The molecule has 0 bridgehead atoms. The summed E-state index contributed by atoms with van der Waals surface area (Å²) in [7, 11) is 0. The number of carboxylic acid groups (broad SMARTS) is 1. The molecule has 1 heterocycles. The van der Waals surface area contributed by atoms with Crippen molar-refractivity contribution in [1.82, 2.24) is 15.5 Å². The summed E-state index contributed by atoms with van der Waals surface area (Å²) in [6.45, 7) is 3.85. The third kappa shape index (κ3) is 3.02. The van der Waals surface area contributed by atoms with Crippen molar-refractivity contribution in [2.75, 3.05) is 0 Å². The minimum absolute atomic E-state index is 0.267. The molecule has 1 aromatic heterocycles. The van der Waals surface area contributed by atoms with Crippen molar-refractivity contribution >= 4 is 5.97 Å². The van der Waals surface area contributed by atoms with Gasteiger partial charge in [0.15, 0.2) is 6.33 Å². The third-order valence-electron chi connectivity index (χ3n) is 2.26. The molecule has 0 saturated carbocycles. The first-order valence-corrected chi connectivity index (χ1v) is 4.82. The van der Waals surface area contributed by atoms with E-state index in [0.717, 1.165) is 6.42 Å². The molecule has 1 rings (SSSR count). The molecule has 1 atom stereocenters. The van der Waals surface area contributed by atoms with Crippen LogP contribution in [0.3, 0.4) is 0 Å². The van der Waals surface area contributed by atoms with E-state index in [-0.39, 0.29) is 6.54 Å². The first kappa shape index (κ1) is 11.6. The Kier molecular flexibility index (Phi) is 3.79. The molecule has 0 aliphatic rings. The Morgan fingerprint density at radius 3 is 2.93 bits per heavy atom. The van der Waals surface area contributed by atoms with Crippen molar-refractivity contribution in [1.29, 1.82) is 0 Å². The highest BCUT2D eigenvalue weighted by atomic mass is 16.5. The largest absolute Gasteiger partial charge is 0.480 e. The molecule has 1 aromatic rings. The van der Waals surface area contributed by atoms with Gasteiger partial charge in [0.05, 0.1) is 6.54 Å². The van der Waals surface area contributed by atoms with Gasteiger partial charge >= 0.3 is 5.97 Å². The smallest absolute Gasteiger partial charge is 0.323 e. The van der Waals surface area contributed by atoms with Gasteiger partial charge in [-0.1, -0.05) is 18.5 Å². The predicted molar refractivity (Wildman–Crippen MR) is 52.1 cm³/mol. The maximum absolute atomic E-state index is 11.0. The number of aromatic nitrogens is 2. The molecule has 0 aliphatic heterocycles. The second kappa shape index (κ2) is 4.88. The van der Waals surface area contributed by atoms with Crippen molar-refractivity contribution < 1.29 is 14.4 Å². The second-order valence-corrected chi connectivity index (χ2v) is 3.58. The topological polar surface area (TPSA) is 88.3 Å². The Bertz CT molecular complexity index is 312. The van der Waals surface area contributed by atoms with E-state index >= 15 is 0 Å². The number of carboxylic acids is 1. The van der Waals surface area contributed by atoms with Crippen LogP contribution in [0.1, 0.15) is 32.6 Å². The molecule has 0 amide bonds. The van der Waals surface area contributed by atoms with Crippen molar-refractivity contribution in [3.05, 3.63) is 12.2 Å². The molecule has 0 radical (unpaired) electrons. The SMILES string of the molecule is CCCC(C)(NCc1ncno1)C(=O)O. The number of rotatable bonds is 6. The lowest BCUT2D eigenvalue weighted by Gasteiger charge is -2.24. The molecule has 0 aromatic carbocycles. The summed E-state index contributed by atoms with van der Waals surface area (Å²) in [5.41, 5.74) is -0.941. The number of aliphatic carboxylic acids is 1. The van der Waals surface area contributed by atoms with Gasteiger partial charge in [0.1, 0.15) is 5.54 Å². The first-order valence-electron chi connectivity index (χ1n) is 4.82. The fraction of sp³-hybridized carbons (Fsp3) is 0.667. The molecule has 0 saturated heterocycles. The molecular formula is C9H15N3O3. The number of nitrogens with zero attached hydrogens (tertiary/aromatic N) is 2. The Labute approximate surface area is 87.7 Å². The van der Waals surface area contributed by atoms with E-state index in [1.165, 1.54) is 6.33 Å². The van der Waals surface area contributed by atoms with Crippen LogP contribution in [0.4, 0.5) is 0 Å². The van der Waals surface area contributed by atoms with Crippen LogP contribution in [0.15, 0.2) is 10.9 Å². The summed E-state index contributed by atoms with van der Waals surface area (Å²) >= 11 is 0. The number of nitrogens with one attached hydrogen (secondary N) is 1. The van der Waals surface area contributed by atoms with Crippen LogP contribution in [-0.2, 0) is 11.3 Å². The lowest BCUT2D eigenvalue weighted by Crippen LogP contribution is -2.48. The van der Waals surface area contributed by atoms with Gasteiger partial charge in [-0.15, -0.1) is 0 Å². The number of hydrogen-bond donors (Lipinski definition) is 2. The van der Waals surface area contributed by atoms with E-state index in [0.29, 0.717) is 12.3 Å². The summed E-state index contributed by atoms with van der Waals surface area (Å²) in [5, 5.41) is 15.4. The lowest BCUT2D eigenvalue weighted by atomic mass is 9.96. The summed E-state index contributed by atoms with van der Waals surface area (Å²) in [6.07, 6.45) is 2.63. The van der Waals surface area contributed by atoms with Crippen molar-refractivity contribution in [2.45, 2.75) is 38.8 Å². The highest BCUT2D eigenvalue weighted by Crippen LogP contribution is 2.13. The third-order valence-corrected chi connectivity index (χ3v) is 2.26. The van der Waals surface area contributed by atoms with Gasteiger partial charge in [-0.25, -0.2) is 0 Å². The fourth-order valence-corrected chi connectivity index (χ4v) is 1.32. The van der Waals surface area contributed by atoms with Crippen LogP contribution in [0.2, 0.25) is 0 Å². The zero-order chi connectivity index (χ0) is 11.3.